The van der Waals surface area contributed by atoms with Crippen molar-refractivity contribution in [2.24, 2.45) is 5.41 Å². The number of carbonyl (C=O) groups is 2. The molecule has 3 rings (SSSR count). The fourth-order valence-electron chi connectivity index (χ4n) is 3.53. The molecule has 29 heavy (non-hydrogen) atoms. The van der Waals surface area contributed by atoms with Crippen LogP contribution in [-0.2, 0) is 4.74 Å². The van der Waals surface area contributed by atoms with E-state index in [1.165, 1.54) is 11.0 Å². The van der Waals surface area contributed by atoms with Gasteiger partial charge in [-0.05, 0) is 64.0 Å². The minimum absolute atomic E-state index is 0.0600. The summed E-state index contributed by atoms with van der Waals surface area (Å²) in [7, 11) is 0. The van der Waals surface area contributed by atoms with E-state index >= 15 is 0 Å². The Hall–Kier alpha value is -2.31. The molecule has 0 atom stereocenters. The Morgan fingerprint density at radius 1 is 1.24 bits per heavy atom. The van der Waals surface area contributed by atoms with Crippen LogP contribution in [0.3, 0.4) is 0 Å². The molecule has 0 bridgehead atoms. The van der Waals surface area contributed by atoms with Crippen molar-refractivity contribution in [3.8, 4) is 5.75 Å². The van der Waals surface area contributed by atoms with E-state index in [9.17, 15) is 14.0 Å². The van der Waals surface area contributed by atoms with E-state index in [-0.39, 0.29) is 16.9 Å². The van der Waals surface area contributed by atoms with Crippen LogP contribution in [0.5, 0.6) is 5.75 Å². The first-order valence-electron chi connectivity index (χ1n) is 10.1. The third kappa shape index (κ3) is 5.40. The van der Waals surface area contributed by atoms with Crippen molar-refractivity contribution >= 4 is 12.1 Å². The topological polar surface area (TPSA) is 76.1 Å². The van der Waals surface area contributed by atoms with Crippen LogP contribution in [0.15, 0.2) is 12.1 Å². The smallest absolute Gasteiger partial charge is 0.407 e. The van der Waals surface area contributed by atoms with Crippen molar-refractivity contribution < 1.29 is 28.6 Å². The normalized spacial score (nSPS) is 19.0. The first-order valence-corrected chi connectivity index (χ1v) is 10.1. The number of amides is 1. The van der Waals surface area contributed by atoms with Gasteiger partial charge in [0.25, 0.3) is 0 Å². The van der Waals surface area contributed by atoms with Gasteiger partial charge in [0.15, 0.2) is 0 Å². The molecule has 0 unspecified atom stereocenters. The lowest BCUT2D eigenvalue weighted by Gasteiger charge is -2.38. The minimum atomic E-state index is -0.899. The molecule has 1 saturated carbocycles. The molecular formula is C22H30FNO5. The average molecular weight is 407 g/mol. The zero-order valence-electron chi connectivity index (χ0n) is 17.6. The van der Waals surface area contributed by atoms with Crippen LogP contribution in [0, 0.1) is 11.2 Å². The maximum absolute atomic E-state index is 14.7. The highest BCUT2D eigenvalue weighted by molar-refractivity contribution is 5.90. The molecule has 0 radical (unpaired) electrons. The van der Waals surface area contributed by atoms with Gasteiger partial charge in [-0.25, -0.2) is 14.0 Å². The van der Waals surface area contributed by atoms with Gasteiger partial charge in [0, 0.05) is 24.6 Å². The highest BCUT2D eigenvalue weighted by Crippen LogP contribution is 2.46. The zero-order valence-corrected chi connectivity index (χ0v) is 17.6. The Morgan fingerprint density at radius 3 is 2.38 bits per heavy atom. The standard InChI is InChI=1S/C22H30FNO5/c1-21(2,3)29-19(25)16-11-15(14-5-6-14)18(12-17(16)23)28-13-22(4)7-9-24(10-8-22)20(26)27/h11-12,14H,5-10,13H2,1-4H3,(H,26,27). The van der Waals surface area contributed by atoms with Crippen LogP contribution >= 0.6 is 0 Å². The van der Waals surface area contributed by atoms with E-state index in [4.69, 9.17) is 14.6 Å². The average Bonchev–Trinajstić information content (AvgIpc) is 3.44. The van der Waals surface area contributed by atoms with Crippen molar-refractivity contribution in [3.05, 3.63) is 29.1 Å². The lowest BCUT2D eigenvalue weighted by molar-refractivity contribution is 0.00641. The number of esters is 1. The molecule has 2 aliphatic rings. The number of carbonyl (C=O) groups excluding carboxylic acids is 1. The van der Waals surface area contributed by atoms with Crippen LogP contribution < -0.4 is 4.74 Å². The van der Waals surface area contributed by atoms with Crippen LogP contribution in [-0.4, -0.2) is 47.4 Å². The summed E-state index contributed by atoms with van der Waals surface area (Å²) in [6, 6.07) is 2.87. The molecule has 1 aromatic carbocycles. The second-order valence-corrected chi connectivity index (χ2v) is 9.52. The van der Waals surface area contributed by atoms with Gasteiger partial charge >= 0.3 is 12.1 Å². The number of hydrogen-bond donors (Lipinski definition) is 1. The maximum Gasteiger partial charge on any atom is 0.407 e. The molecule has 160 valence electrons. The number of benzene rings is 1. The lowest BCUT2D eigenvalue weighted by atomic mass is 9.81. The lowest BCUT2D eigenvalue weighted by Crippen LogP contribution is -2.43. The summed E-state index contributed by atoms with van der Waals surface area (Å²) in [4.78, 5) is 24.9. The molecule has 0 spiro atoms. The molecule has 0 aromatic heterocycles. The molecule has 7 heteroatoms. The van der Waals surface area contributed by atoms with Crippen LogP contribution in [0.1, 0.15) is 75.2 Å². The molecule has 1 aromatic rings. The van der Waals surface area contributed by atoms with Gasteiger partial charge in [0.05, 0.1) is 12.2 Å². The summed E-state index contributed by atoms with van der Waals surface area (Å²) in [5.41, 5.74) is -0.0840. The number of nitrogens with zero attached hydrogens (tertiary/aromatic N) is 1. The summed E-state index contributed by atoms with van der Waals surface area (Å²) in [5, 5.41) is 9.11. The molecule has 6 nitrogen and oxygen atoms in total. The largest absolute Gasteiger partial charge is 0.493 e. The van der Waals surface area contributed by atoms with Crippen LogP contribution in [0.2, 0.25) is 0 Å². The van der Waals surface area contributed by atoms with E-state index < -0.39 is 23.5 Å². The number of halogens is 1. The SMILES string of the molecule is CC1(COc2cc(F)c(C(=O)OC(C)(C)C)cc2C2CC2)CCN(C(=O)O)CC1. The van der Waals surface area contributed by atoms with E-state index in [0.717, 1.165) is 18.4 Å². The van der Waals surface area contributed by atoms with Crippen molar-refractivity contribution in [1.29, 1.82) is 0 Å². The van der Waals surface area contributed by atoms with Crippen molar-refractivity contribution in [1.82, 2.24) is 4.90 Å². The zero-order chi connectivity index (χ0) is 21.4. The quantitative estimate of drug-likeness (QED) is 0.709. The molecule has 1 saturated heterocycles. The fraction of sp³-hybridized carbons (Fsp3) is 0.636. The molecule has 1 amide bonds. The molecule has 1 aliphatic heterocycles. The summed E-state index contributed by atoms with van der Waals surface area (Å²) in [6.45, 7) is 8.63. The Bertz CT molecular complexity index is 789. The van der Waals surface area contributed by atoms with Crippen molar-refractivity contribution in [3.63, 3.8) is 0 Å². The van der Waals surface area contributed by atoms with Gasteiger partial charge in [-0.3, -0.25) is 0 Å². The van der Waals surface area contributed by atoms with Gasteiger partial charge in [-0.1, -0.05) is 6.92 Å². The summed E-state index contributed by atoms with van der Waals surface area (Å²) >= 11 is 0. The number of piperidine rings is 1. The van der Waals surface area contributed by atoms with Gasteiger partial charge in [0.1, 0.15) is 17.2 Å². The first-order chi connectivity index (χ1) is 13.5. The monoisotopic (exact) mass is 407 g/mol. The second kappa shape index (κ2) is 7.84. The highest BCUT2D eigenvalue weighted by atomic mass is 19.1. The molecular weight excluding hydrogens is 377 g/mol. The summed E-state index contributed by atoms with van der Waals surface area (Å²) < 4.78 is 26.1. The fourth-order valence-corrected chi connectivity index (χ4v) is 3.53. The Labute approximate surface area is 171 Å². The third-order valence-corrected chi connectivity index (χ3v) is 5.55. The maximum atomic E-state index is 14.7. The molecule has 1 N–H and O–H groups in total. The van der Waals surface area contributed by atoms with E-state index in [1.54, 1.807) is 26.8 Å². The van der Waals surface area contributed by atoms with Gasteiger partial charge < -0.3 is 19.5 Å². The van der Waals surface area contributed by atoms with Gasteiger partial charge in [-0.15, -0.1) is 0 Å². The number of likely N-dealkylation sites (tertiary alicyclic amines) is 1. The molecule has 2 fully saturated rings. The second-order valence-electron chi connectivity index (χ2n) is 9.52. The number of ether oxygens (including phenoxy) is 2. The van der Waals surface area contributed by atoms with E-state index in [0.29, 0.717) is 38.3 Å². The number of rotatable bonds is 5. The van der Waals surface area contributed by atoms with Gasteiger partial charge in [-0.2, -0.15) is 0 Å². The van der Waals surface area contributed by atoms with E-state index in [1.807, 2.05) is 0 Å². The number of carboxylic acid groups (broad SMARTS) is 1. The predicted octanol–water partition coefficient (Wildman–Crippen LogP) is 4.82. The van der Waals surface area contributed by atoms with Gasteiger partial charge in [0.2, 0.25) is 0 Å². The third-order valence-electron chi connectivity index (χ3n) is 5.55. The van der Waals surface area contributed by atoms with E-state index in [2.05, 4.69) is 6.92 Å². The number of hydrogen-bond acceptors (Lipinski definition) is 4. The van der Waals surface area contributed by atoms with Crippen molar-refractivity contribution in [2.45, 2.75) is 64.9 Å². The Balaban J connectivity index is 1.74. The highest BCUT2D eigenvalue weighted by Gasteiger charge is 2.35. The van der Waals surface area contributed by atoms with Crippen LogP contribution in [0.25, 0.3) is 0 Å². The van der Waals surface area contributed by atoms with Crippen LogP contribution in [0.4, 0.5) is 9.18 Å². The van der Waals surface area contributed by atoms with Crippen molar-refractivity contribution in [2.75, 3.05) is 19.7 Å². The summed E-state index contributed by atoms with van der Waals surface area (Å²) in [5.74, 6) is -0.575. The summed E-state index contributed by atoms with van der Waals surface area (Å²) in [6.07, 6.45) is 2.46. The Morgan fingerprint density at radius 2 is 1.86 bits per heavy atom. The first kappa shape index (κ1) is 21.4. The Kier molecular flexibility index (Phi) is 5.79. The predicted molar refractivity (Wildman–Crippen MR) is 106 cm³/mol. The molecule has 1 heterocycles. The minimum Gasteiger partial charge on any atom is -0.493 e. The molecule has 1 aliphatic carbocycles.